The number of nitrogens with zero attached hydrogens (tertiary/aromatic N) is 1. The second-order valence-electron chi connectivity index (χ2n) is 5.53. The molecular weight excluding hydrogens is 356 g/mol. The van der Waals surface area contributed by atoms with Gasteiger partial charge in [0.15, 0.2) is 11.5 Å². The van der Waals surface area contributed by atoms with Crippen molar-refractivity contribution in [3.63, 3.8) is 0 Å². The Morgan fingerprint density at radius 3 is 2.42 bits per heavy atom. The highest BCUT2D eigenvalue weighted by molar-refractivity contribution is 7.74. The maximum absolute atomic E-state index is 12.2. The molecule has 0 aromatic heterocycles. The number of benzene rings is 2. The summed E-state index contributed by atoms with van der Waals surface area (Å²) in [6.45, 7) is 0.232. The van der Waals surface area contributed by atoms with E-state index in [0.717, 1.165) is 15.4 Å². The van der Waals surface area contributed by atoms with Crippen molar-refractivity contribution in [1.29, 1.82) is 0 Å². The van der Waals surface area contributed by atoms with Crippen molar-refractivity contribution in [2.75, 3.05) is 25.6 Å². The van der Waals surface area contributed by atoms with Crippen molar-refractivity contribution in [2.24, 2.45) is 0 Å². The van der Waals surface area contributed by atoms with E-state index in [1.54, 1.807) is 49.6 Å². The number of ether oxygens (including phenoxy) is 2. The van der Waals surface area contributed by atoms with Crippen LogP contribution in [0, 0.1) is 0 Å². The summed E-state index contributed by atoms with van der Waals surface area (Å²) >= 11 is 0. The Morgan fingerprint density at radius 1 is 1.08 bits per heavy atom. The number of hydrogen-bond acceptors (Lipinski definition) is 5. The van der Waals surface area contributed by atoms with Crippen molar-refractivity contribution < 1.29 is 22.7 Å². The molecule has 8 heteroatoms. The van der Waals surface area contributed by atoms with Gasteiger partial charge in [0.2, 0.25) is 16.8 Å². The summed E-state index contributed by atoms with van der Waals surface area (Å²) in [4.78, 5) is 12.2. The van der Waals surface area contributed by atoms with Crippen LogP contribution in [0.1, 0.15) is 11.1 Å². The third-order valence-electron chi connectivity index (χ3n) is 3.87. The average molecular weight is 378 g/mol. The van der Waals surface area contributed by atoms with Crippen LogP contribution in [0.3, 0.4) is 0 Å². The molecule has 0 spiro atoms. The predicted molar refractivity (Wildman–Crippen MR) is 100 cm³/mol. The molecule has 2 rings (SSSR count). The van der Waals surface area contributed by atoms with Crippen LogP contribution in [-0.2, 0) is 28.7 Å². The van der Waals surface area contributed by atoms with Gasteiger partial charge in [-0.2, -0.15) is 0 Å². The van der Waals surface area contributed by atoms with Gasteiger partial charge in [-0.3, -0.25) is 9.10 Å². The molecule has 1 amide bonds. The van der Waals surface area contributed by atoms with Gasteiger partial charge in [0, 0.05) is 13.6 Å². The van der Waals surface area contributed by atoms with Crippen LogP contribution in [-0.4, -0.2) is 35.6 Å². The Labute approximate surface area is 154 Å². The highest BCUT2D eigenvalue weighted by atomic mass is 32.2. The van der Waals surface area contributed by atoms with Crippen molar-refractivity contribution in [3.8, 4) is 11.5 Å². The third kappa shape index (κ3) is 4.89. The largest absolute Gasteiger partial charge is 0.493 e. The highest BCUT2D eigenvalue weighted by Gasteiger charge is 2.11. The number of anilines is 1. The van der Waals surface area contributed by atoms with Crippen molar-refractivity contribution in [1.82, 2.24) is 5.32 Å². The van der Waals surface area contributed by atoms with Gasteiger partial charge in [-0.15, -0.1) is 0 Å². The fraction of sp³-hybridized carbons (Fsp3) is 0.278. The molecule has 0 radical (unpaired) electrons. The van der Waals surface area contributed by atoms with Crippen LogP contribution in [0.4, 0.5) is 5.69 Å². The fourth-order valence-electron chi connectivity index (χ4n) is 2.50. The number of nitrogens with one attached hydrogen (secondary N) is 1. The number of methoxy groups -OCH3 is 2. The summed E-state index contributed by atoms with van der Waals surface area (Å²) in [5, 5.41) is 2.81. The summed E-state index contributed by atoms with van der Waals surface area (Å²) in [6, 6.07) is 12.3. The summed E-state index contributed by atoms with van der Waals surface area (Å²) in [5.74, 6) is 0.977. The van der Waals surface area contributed by atoms with E-state index in [4.69, 9.17) is 9.47 Å². The molecule has 1 N–H and O–H groups in total. The van der Waals surface area contributed by atoms with Gasteiger partial charge in [0.1, 0.15) is 0 Å². The Bertz CT molecular complexity index is 843. The SMILES string of the molecule is COc1ccc(CC(=O)NCc2ccccc2N(C)[SH](=O)=O)cc1OC. The predicted octanol–water partition coefficient (Wildman–Crippen LogP) is 1.53. The maximum Gasteiger partial charge on any atom is 0.224 e. The minimum Gasteiger partial charge on any atom is -0.493 e. The molecular formula is C18H22N2O5S. The van der Waals surface area contributed by atoms with E-state index in [-0.39, 0.29) is 18.9 Å². The summed E-state index contributed by atoms with van der Waals surface area (Å²) in [7, 11) is 1.82. The third-order valence-corrected chi connectivity index (χ3v) is 4.58. The molecule has 0 saturated carbocycles. The lowest BCUT2D eigenvalue weighted by molar-refractivity contribution is -0.120. The fourth-order valence-corrected chi connectivity index (χ4v) is 2.87. The van der Waals surface area contributed by atoms with Crippen molar-refractivity contribution >= 4 is 22.5 Å². The number of amides is 1. The zero-order chi connectivity index (χ0) is 19.1. The van der Waals surface area contributed by atoms with E-state index in [0.29, 0.717) is 17.2 Å². The first kappa shape index (κ1) is 19.6. The van der Waals surface area contributed by atoms with E-state index in [2.05, 4.69) is 5.32 Å². The number of carbonyl (C=O) groups excluding carboxylic acids is 1. The number of carbonyl (C=O) groups is 1. The molecule has 0 heterocycles. The minimum atomic E-state index is -2.74. The van der Waals surface area contributed by atoms with Gasteiger partial charge in [0.05, 0.1) is 26.3 Å². The Kier molecular flexibility index (Phi) is 6.85. The Hall–Kier alpha value is -2.74. The Balaban J connectivity index is 2.04. The Morgan fingerprint density at radius 2 is 1.77 bits per heavy atom. The first-order valence-corrected chi connectivity index (χ1v) is 9.02. The van der Waals surface area contributed by atoms with Gasteiger partial charge in [0.25, 0.3) is 0 Å². The zero-order valence-corrected chi connectivity index (χ0v) is 15.8. The number of rotatable bonds is 8. The van der Waals surface area contributed by atoms with Crippen molar-refractivity contribution in [3.05, 3.63) is 53.6 Å². The van der Waals surface area contributed by atoms with Crippen LogP contribution < -0.4 is 19.1 Å². The number of hydrogen-bond donors (Lipinski definition) is 2. The topological polar surface area (TPSA) is 84.9 Å². The molecule has 0 unspecified atom stereocenters. The lowest BCUT2D eigenvalue weighted by Crippen LogP contribution is -2.26. The summed E-state index contributed by atoms with van der Waals surface area (Å²) in [5.41, 5.74) is 2.04. The molecule has 2 aromatic rings. The minimum absolute atomic E-state index is 0.175. The average Bonchev–Trinajstić information content (AvgIpc) is 2.65. The summed E-state index contributed by atoms with van der Waals surface area (Å²) in [6.07, 6.45) is 0.175. The quantitative estimate of drug-likeness (QED) is 0.681. The second kappa shape index (κ2) is 9.10. The molecule has 26 heavy (non-hydrogen) atoms. The zero-order valence-electron chi connectivity index (χ0n) is 14.9. The smallest absolute Gasteiger partial charge is 0.224 e. The molecule has 0 fully saturated rings. The van der Waals surface area contributed by atoms with Crippen LogP contribution in [0.2, 0.25) is 0 Å². The van der Waals surface area contributed by atoms with E-state index in [1.165, 1.54) is 14.2 Å². The van der Waals surface area contributed by atoms with E-state index < -0.39 is 10.9 Å². The highest BCUT2D eigenvalue weighted by Crippen LogP contribution is 2.27. The van der Waals surface area contributed by atoms with E-state index in [9.17, 15) is 13.2 Å². The van der Waals surface area contributed by atoms with Gasteiger partial charge >= 0.3 is 0 Å². The van der Waals surface area contributed by atoms with E-state index in [1.807, 2.05) is 0 Å². The van der Waals surface area contributed by atoms with Crippen LogP contribution >= 0.6 is 0 Å². The standard InChI is InChI=1S/C18H22N2O5S/c1-20(26(22)23)15-7-5-4-6-14(15)12-19-18(21)11-13-8-9-16(24-2)17(10-13)25-3/h4-10,26H,11-12H2,1-3H3,(H,19,21). The molecule has 0 bridgehead atoms. The first-order valence-electron chi connectivity index (χ1n) is 7.89. The lowest BCUT2D eigenvalue weighted by atomic mass is 10.1. The molecule has 7 nitrogen and oxygen atoms in total. The van der Waals surface area contributed by atoms with Crippen LogP contribution in [0.15, 0.2) is 42.5 Å². The lowest BCUT2D eigenvalue weighted by Gasteiger charge is -2.16. The van der Waals surface area contributed by atoms with Gasteiger partial charge in [-0.05, 0) is 29.3 Å². The van der Waals surface area contributed by atoms with E-state index >= 15 is 0 Å². The molecule has 0 atom stereocenters. The molecule has 0 aliphatic heterocycles. The second-order valence-corrected chi connectivity index (χ2v) is 6.61. The van der Waals surface area contributed by atoms with Gasteiger partial charge in [-0.1, -0.05) is 24.3 Å². The van der Waals surface area contributed by atoms with Crippen molar-refractivity contribution in [2.45, 2.75) is 13.0 Å². The van der Waals surface area contributed by atoms with Gasteiger partial charge < -0.3 is 14.8 Å². The van der Waals surface area contributed by atoms with Crippen LogP contribution in [0.25, 0.3) is 0 Å². The summed E-state index contributed by atoms with van der Waals surface area (Å²) < 4.78 is 34.0. The molecule has 0 aliphatic carbocycles. The molecule has 2 aromatic carbocycles. The maximum atomic E-state index is 12.2. The van der Waals surface area contributed by atoms with Crippen LogP contribution in [0.5, 0.6) is 11.5 Å². The molecule has 140 valence electrons. The number of thiol groups is 1. The molecule has 0 saturated heterocycles. The first-order chi connectivity index (χ1) is 12.5. The monoisotopic (exact) mass is 378 g/mol. The number of para-hydroxylation sites is 1. The molecule has 0 aliphatic rings. The van der Waals surface area contributed by atoms with Gasteiger partial charge in [-0.25, -0.2) is 8.42 Å². The normalized spacial score (nSPS) is 10.5.